The molecule has 4 nitrogen and oxygen atoms in total. The summed E-state index contributed by atoms with van der Waals surface area (Å²) in [7, 11) is 0. The quantitative estimate of drug-likeness (QED) is 0.318. The van der Waals surface area contributed by atoms with E-state index in [2.05, 4.69) is 6.58 Å². The van der Waals surface area contributed by atoms with Crippen LogP contribution in [0.2, 0.25) is 0 Å². The Bertz CT molecular complexity index is 251. The van der Waals surface area contributed by atoms with Crippen LogP contribution >= 0.6 is 0 Å². The first kappa shape index (κ1) is 16.7. The summed E-state index contributed by atoms with van der Waals surface area (Å²) in [4.78, 5) is 21.8. The number of carbonyl (C=O) groups excluding carboxylic acids is 2. The Morgan fingerprint density at radius 3 is 1.78 bits per heavy atom. The lowest BCUT2D eigenvalue weighted by molar-refractivity contribution is -0.131. The van der Waals surface area contributed by atoms with Crippen LogP contribution in [-0.2, 0) is 9.59 Å². The van der Waals surface area contributed by atoms with Crippen molar-refractivity contribution in [3.05, 3.63) is 12.7 Å². The second-order valence-electron chi connectivity index (χ2n) is 4.70. The lowest BCUT2D eigenvalue weighted by Crippen LogP contribution is -2.34. The van der Waals surface area contributed by atoms with Crippen molar-refractivity contribution in [2.24, 2.45) is 17.4 Å². The van der Waals surface area contributed by atoms with Crippen molar-refractivity contribution in [2.75, 3.05) is 0 Å². The number of amides is 2. The van der Waals surface area contributed by atoms with E-state index in [1.54, 1.807) is 0 Å². The van der Waals surface area contributed by atoms with Gasteiger partial charge in [0.25, 0.3) is 0 Å². The topological polar surface area (TPSA) is 86.2 Å². The summed E-state index contributed by atoms with van der Waals surface area (Å²) in [6.07, 6.45) is 11.4. The summed E-state index contributed by atoms with van der Waals surface area (Å²) in [5.74, 6) is -2.00. The first-order valence-electron chi connectivity index (χ1n) is 6.79. The van der Waals surface area contributed by atoms with Gasteiger partial charge in [0.15, 0.2) is 0 Å². The van der Waals surface area contributed by atoms with Gasteiger partial charge in [-0.3, -0.25) is 9.59 Å². The number of allylic oxidation sites excluding steroid dienone is 1. The molecule has 0 saturated heterocycles. The summed E-state index contributed by atoms with van der Waals surface area (Å²) >= 11 is 0. The number of hydrogen-bond acceptors (Lipinski definition) is 2. The molecule has 0 atom stereocenters. The van der Waals surface area contributed by atoms with E-state index in [9.17, 15) is 9.59 Å². The number of unbranched alkanes of at least 4 members (excludes halogenated alkanes) is 7. The normalized spacial score (nSPS) is 10.5. The maximum Gasteiger partial charge on any atom is 0.229 e. The minimum atomic E-state index is -0.794. The van der Waals surface area contributed by atoms with Crippen LogP contribution in [0.25, 0.3) is 0 Å². The molecule has 0 aromatic rings. The van der Waals surface area contributed by atoms with Gasteiger partial charge in [0.05, 0.1) is 0 Å². The van der Waals surface area contributed by atoms with Crippen LogP contribution < -0.4 is 11.5 Å². The zero-order valence-corrected chi connectivity index (χ0v) is 11.2. The van der Waals surface area contributed by atoms with Crippen LogP contribution in [0.3, 0.4) is 0 Å². The van der Waals surface area contributed by atoms with E-state index in [0.29, 0.717) is 6.42 Å². The molecule has 0 saturated carbocycles. The van der Waals surface area contributed by atoms with Crippen molar-refractivity contribution in [1.29, 1.82) is 0 Å². The second kappa shape index (κ2) is 10.8. The second-order valence-corrected chi connectivity index (χ2v) is 4.70. The molecule has 2 amide bonds. The maximum atomic E-state index is 10.9. The molecule has 0 rings (SSSR count). The molecule has 0 aromatic carbocycles. The monoisotopic (exact) mass is 254 g/mol. The molecule has 0 spiro atoms. The fourth-order valence-corrected chi connectivity index (χ4v) is 1.95. The molecule has 0 bridgehead atoms. The highest BCUT2D eigenvalue weighted by Crippen LogP contribution is 2.13. The Morgan fingerprint density at radius 2 is 1.33 bits per heavy atom. The minimum Gasteiger partial charge on any atom is -0.369 e. The van der Waals surface area contributed by atoms with Gasteiger partial charge in [-0.25, -0.2) is 0 Å². The van der Waals surface area contributed by atoms with Crippen molar-refractivity contribution in [1.82, 2.24) is 0 Å². The third-order valence-corrected chi connectivity index (χ3v) is 3.09. The molecule has 0 heterocycles. The molecule has 0 unspecified atom stereocenters. The van der Waals surface area contributed by atoms with Gasteiger partial charge in [-0.1, -0.05) is 44.6 Å². The summed E-state index contributed by atoms with van der Waals surface area (Å²) in [6, 6.07) is 0. The molecule has 0 fully saturated rings. The van der Waals surface area contributed by atoms with Crippen molar-refractivity contribution in [3.8, 4) is 0 Å². The summed E-state index contributed by atoms with van der Waals surface area (Å²) in [5, 5.41) is 0. The van der Waals surface area contributed by atoms with Crippen LogP contribution in [-0.4, -0.2) is 11.8 Å². The molecule has 0 aromatic heterocycles. The number of rotatable bonds is 12. The van der Waals surface area contributed by atoms with Crippen LogP contribution in [0.4, 0.5) is 0 Å². The summed E-state index contributed by atoms with van der Waals surface area (Å²) in [5.41, 5.74) is 10.2. The highest BCUT2D eigenvalue weighted by molar-refractivity contribution is 5.98. The van der Waals surface area contributed by atoms with Crippen LogP contribution in [0.1, 0.15) is 57.8 Å². The van der Waals surface area contributed by atoms with Gasteiger partial charge in [-0.2, -0.15) is 0 Å². The van der Waals surface area contributed by atoms with Gasteiger partial charge in [-0.05, 0) is 19.3 Å². The first-order chi connectivity index (χ1) is 8.59. The zero-order valence-electron chi connectivity index (χ0n) is 11.2. The molecule has 0 aliphatic heterocycles. The van der Waals surface area contributed by atoms with Crippen molar-refractivity contribution < 1.29 is 9.59 Å². The fraction of sp³-hybridized carbons (Fsp3) is 0.714. The molecular formula is C14H26N2O2. The smallest absolute Gasteiger partial charge is 0.229 e. The predicted molar refractivity (Wildman–Crippen MR) is 73.6 cm³/mol. The van der Waals surface area contributed by atoms with Gasteiger partial charge in [0, 0.05) is 0 Å². The average molecular weight is 254 g/mol. The van der Waals surface area contributed by atoms with Crippen molar-refractivity contribution >= 4 is 11.8 Å². The molecule has 104 valence electrons. The predicted octanol–water partition coefficient (Wildman–Crippen LogP) is 2.27. The number of nitrogens with two attached hydrogens (primary N) is 2. The Balaban J connectivity index is 3.41. The minimum absolute atomic E-state index is 0.487. The molecule has 0 radical (unpaired) electrons. The van der Waals surface area contributed by atoms with Gasteiger partial charge in [-0.15, -0.1) is 6.58 Å². The maximum absolute atomic E-state index is 10.9. The van der Waals surface area contributed by atoms with Crippen LogP contribution in [0, 0.1) is 5.92 Å². The molecular weight excluding hydrogens is 228 g/mol. The lowest BCUT2D eigenvalue weighted by Gasteiger charge is -2.08. The van der Waals surface area contributed by atoms with Crippen LogP contribution in [0.5, 0.6) is 0 Å². The lowest BCUT2D eigenvalue weighted by atomic mass is 9.99. The molecule has 4 N–H and O–H groups in total. The van der Waals surface area contributed by atoms with E-state index >= 15 is 0 Å². The zero-order chi connectivity index (χ0) is 13.8. The standard InChI is InChI=1S/C14H26N2O2/c1-2-3-4-5-6-7-8-9-10-11-12(13(15)17)14(16)18/h2,12H,1,3-11H2,(H2,15,17)(H2,16,18). The van der Waals surface area contributed by atoms with Crippen LogP contribution in [0.15, 0.2) is 12.7 Å². The SMILES string of the molecule is C=CCCCCCCCCCC(C(N)=O)C(N)=O. The Hall–Kier alpha value is -1.32. The van der Waals surface area contributed by atoms with E-state index in [4.69, 9.17) is 11.5 Å². The van der Waals surface area contributed by atoms with Crippen molar-refractivity contribution in [3.63, 3.8) is 0 Å². The van der Waals surface area contributed by atoms with Crippen molar-refractivity contribution in [2.45, 2.75) is 57.8 Å². The van der Waals surface area contributed by atoms with E-state index in [1.165, 1.54) is 25.7 Å². The Morgan fingerprint density at radius 1 is 0.889 bits per heavy atom. The molecule has 0 aliphatic carbocycles. The van der Waals surface area contributed by atoms with E-state index in [0.717, 1.165) is 25.7 Å². The van der Waals surface area contributed by atoms with Gasteiger partial charge in [0.2, 0.25) is 11.8 Å². The number of hydrogen-bond donors (Lipinski definition) is 2. The van der Waals surface area contributed by atoms with E-state index in [-0.39, 0.29) is 0 Å². The van der Waals surface area contributed by atoms with Gasteiger partial charge in [0.1, 0.15) is 5.92 Å². The van der Waals surface area contributed by atoms with Gasteiger partial charge < -0.3 is 11.5 Å². The third-order valence-electron chi connectivity index (χ3n) is 3.09. The van der Waals surface area contributed by atoms with E-state index in [1.807, 2.05) is 6.08 Å². The molecule has 18 heavy (non-hydrogen) atoms. The molecule has 4 heteroatoms. The number of carbonyl (C=O) groups is 2. The van der Waals surface area contributed by atoms with Gasteiger partial charge >= 0.3 is 0 Å². The average Bonchev–Trinajstić information content (AvgIpc) is 2.30. The highest BCUT2D eigenvalue weighted by atomic mass is 16.2. The number of primary amides is 2. The largest absolute Gasteiger partial charge is 0.369 e. The Kier molecular flexibility index (Phi) is 10.0. The molecule has 0 aliphatic rings. The summed E-state index contributed by atoms with van der Waals surface area (Å²) in [6.45, 7) is 3.69. The summed E-state index contributed by atoms with van der Waals surface area (Å²) < 4.78 is 0. The van der Waals surface area contributed by atoms with E-state index < -0.39 is 17.7 Å². The highest BCUT2D eigenvalue weighted by Gasteiger charge is 2.20. The Labute approximate surface area is 110 Å². The third kappa shape index (κ3) is 8.79. The fourth-order valence-electron chi connectivity index (χ4n) is 1.95. The first-order valence-corrected chi connectivity index (χ1v) is 6.79.